The molecule has 15 heavy (non-hydrogen) atoms. The van der Waals surface area contributed by atoms with Crippen LogP contribution in [0.15, 0.2) is 11.6 Å². The van der Waals surface area contributed by atoms with Gasteiger partial charge in [0.15, 0.2) is 0 Å². The van der Waals surface area contributed by atoms with Crippen LogP contribution in [0.1, 0.15) is 25.7 Å². The summed E-state index contributed by atoms with van der Waals surface area (Å²) in [6.45, 7) is 0.106. The molecule has 1 aliphatic carbocycles. The van der Waals surface area contributed by atoms with Crippen molar-refractivity contribution in [3.8, 4) is 0 Å². The lowest BCUT2D eigenvalue weighted by Crippen LogP contribution is -2.27. The maximum absolute atomic E-state index is 10.6. The Balaban J connectivity index is 2.65. The number of nitro groups is 1. The van der Waals surface area contributed by atoms with Gasteiger partial charge in [-0.15, -0.1) is 0 Å². The van der Waals surface area contributed by atoms with Crippen molar-refractivity contribution in [2.75, 3.05) is 13.2 Å². The molecular weight excluding hydrogens is 198 g/mol. The van der Waals surface area contributed by atoms with Gasteiger partial charge in [-0.05, 0) is 18.8 Å². The van der Waals surface area contributed by atoms with E-state index in [-0.39, 0.29) is 24.1 Å². The first-order chi connectivity index (χ1) is 7.19. The van der Waals surface area contributed by atoms with E-state index in [9.17, 15) is 10.1 Å². The monoisotopic (exact) mass is 215 g/mol. The molecule has 0 radical (unpaired) electrons. The number of aliphatic hydroxyl groups excluding tert-OH is 2. The molecule has 0 aromatic rings. The zero-order chi connectivity index (χ0) is 11.3. The maximum atomic E-state index is 10.6. The minimum absolute atomic E-state index is 0.0396. The zero-order valence-corrected chi connectivity index (χ0v) is 8.63. The van der Waals surface area contributed by atoms with Gasteiger partial charge in [0.25, 0.3) is 0 Å². The van der Waals surface area contributed by atoms with Crippen LogP contribution in [0.4, 0.5) is 0 Å². The largest absolute Gasteiger partial charge is 0.396 e. The average Bonchev–Trinajstić information content (AvgIpc) is 2.21. The van der Waals surface area contributed by atoms with E-state index in [0.717, 1.165) is 5.57 Å². The van der Waals surface area contributed by atoms with Crippen molar-refractivity contribution >= 4 is 0 Å². The van der Waals surface area contributed by atoms with Gasteiger partial charge in [0, 0.05) is 31.0 Å². The van der Waals surface area contributed by atoms with E-state index in [4.69, 9.17) is 10.2 Å². The van der Waals surface area contributed by atoms with Crippen LogP contribution in [0.3, 0.4) is 0 Å². The molecule has 0 aromatic carbocycles. The molecule has 0 aromatic heterocycles. The Hall–Kier alpha value is -0.940. The Labute approximate surface area is 88.6 Å². The highest BCUT2D eigenvalue weighted by atomic mass is 16.6. The van der Waals surface area contributed by atoms with Crippen LogP contribution in [0.5, 0.6) is 0 Å². The molecule has 5 heteroatoms. The van der Waals surface area contributed by atoms with Gasteiger partial charge in [0.1, 0.15) is 0 Å². The molecular formula is C10H17NO4. The molecule has 5 nitrogen and oxygen atoms in total. The third kappa shape index (κ3) is 3.28. The van der Waals surface area contributed by atoms with Crippen molar-refractivity contribution in [2.24, 2.45) is 5.92 Å². The summed E-state index contributed by atoms with van der Waals surface area (Å²) in [6.07, 6.45) is 3.91. The van der Waals surface area contributed by atoms with Gasteiger partial charge in [-0.2, -0.15) is 0 Å². The molecule has 0 aliphatic heterocycles. The fourth-order valence-corrected chi connectivity index (χ4v) is 2.10. The average molecular weight is 215 g/mol. The summed E-state index contributed by atoms with van der Waals surface area (Å²) in [7, 11) is 0. The molecule has 1 aliphatic rings. The quantitative estimate of drug-likeness (QED) is 0.402. The van der Waals surface area contributed by atoms with Crippen LogP contribution in [-0.2, 0) is 0 Å². The van der Waals surface area contributed by atoms with E-state index in [1.54, 1.807) is 0 Å². The predicted molar refractivity (Wildman–Crippen MR) is 55.0 cm³/mol. The van der Waals surface area contributed by atoms with E-state index >= 15 is 0 Å². The molecule has 86 valence electrons. The highest BCUT2D eigenvalue weighted by Crippen LogP contribution is 2.30. The van der Waals surface area contributed by atoms with Crippen molar-refractivity contribution in [3.05, 3.63) is 21.8 Å². The van der Waals surface area contributed by atoms with Crippen molar-refractivity contribution in [2.45, 2.75) is 31.7 Å². The van der Waals surface area contributed by atoms with Gasteiger partial charge in [0.2, 0.25) is 6.04 Å². The first-order valence-corrected chi connectivity index (χ1v) is 5.23. The van der Waals surface area contributed by atoms with Crippen LogP contribution >= 0.6 is 0 Å². The fraction of sp³-hybridized carbons (Fsp3) is 0.800. The fourth-order valence-electron chi connectivity index (χ4n) is 2.10. The molecule has 2 atom stereocenters. The summed E-state index contributed by atoms with van der Waals surface area (Å²) >= 11 is 0. The Morgan fingerprint density at radius 1 is 1.47 bits per heavy atom. The van der Waals surface area contributed by atoms with E-state index < -0.39 is 6.04 Å². The van der Waals surface area contributed by atoms with Gasteiger partial charge in [-0.3, -0.25) is 10.1 Å². The normalized spacial score (nSPS) is 26.1. The number of nitrogens with zero attached hydrogens (tertiary/aromatic N) is 1. The lowest BCUT2D eigenvalue weighted by atomic mass is 9.82. The Bertz CT molecular complexity index is 252. The highest BCUT2D eigenvalue weighted by Gasteiger charge is 2.30. The lowest BCUT2D eigenvalue weighted by Gasteiger charge is -2.25. The molecule has 0 saturated heterocycles. The van der Waals surface area contributed by atoms with Crippen LogP contribution in [0.2, 0.25) is 0 Å². The Morgan fingerprint density at radius 3 is 2.73 bits per heavy atom. The van der Waals surface area contributed by atoms with Crippen LogP contribution < -0.4 is 0 Å². The molecule has 0 bridgehead atoms. The molecule has 0 amide bonds. The van der Waals surface area contributed by atoms with E-state index in [0.29, 0.717) is 25.7 Å². The summed E-state index contributed by atoms with van der Waals surface area (Å²) in [5, 5.41) is 28.3. The summed E-state index contributed by atoms with van der Waals surface area (Å²) < 4.78 is 0. The maximum Gasteiger partial charge on any atom is 0.217 e. The molecule has 0 saturated carbocycles. The first-order valence-electron chi connectivity index (χ1n) is 5.23. The van der Waals surface area contributed by atoms with E-state index in [2.05, 4.69) is 0 Å². The second kappa shape index (κ2) is 5.82. The van der Waals surface area contributed by atoms with Gasteiger partial charge in [0.05, 0.1) is 0 Å². The van der Waals surface area contributed by atoms with Crippen LogP contribution in [0.25, 0.3) is 0 Å². The zero-order valence-electron chi connectivity index (χ0n) is 8.63. The smallest absolute Gasteiger partial charge is 0.217 e. The van der Waals surface area contributed by atoms with Gasteiger partial charge in [-0.1, -0.05) is 11.6 Å². The predicted octanol–water partition coefficient (Wildman–Crippen LogP) is 0.733. The molecule has 2 N–H and O–H groups in total. The van der Waals surface area contributed by atoms with Crippen molar-refractivity contribution in [3.63, 3.8) is 0 Å². The number of aliphatic hydroxyl groups is 2. The second-order valence-electron chi connectivity index (χ2n) is 3.87. The third-order valence-electron chi connectivity index (χ3n) is 2.91. The second-order valence-corrected chi connectivity index (χ2v) is 3.87. The molecule has 0 heterocycles. The minimum atomic E-state index is -0.524. The number of hydrogen-bond donors (Lipinski definition) is 2. The van der Waals surface area contributed by atoms with E-state index in [1.165, 1.54) is 0 Å². The first kappa shape index (κ1) is 12.1. The van der Waals surface area contributed by atoms with Gasteiger partial charge in [-0.25, -0.2) is 0 Å². The van der Waals surface area contributed by atoms with Crippen LogP contribution in [0, 0.1) is 16.0 Å². The lowest BCUT2D eigenvalue weighted by molar-refractivity contribution is -0.524. The Kier molecular flexibility index (Phi) is 4.71. The standard InChI is InChI=1S/C10H17NO4/c12-5-3-8-1-2-10(11(14)15)7-9(8)4-6-13/h1,9-10,12-13H,2-7H2. The molecule has 1 rings (SSSR count). The minimum Gasteiger partial charge on any atom is -0.396 e. The molecule has 0 spiro atoms. The van der Waals surface area contributed by atoms with Gasteiger partial charge < -0.3 is 10.2 Å². The van der Waals surface area contributed by atoms with Crippen molar-refractivity contribution < 1.29 is 15.1 Å². The van der Waals surface area contributed by atoms with Gasteiger partial charge >= 0.3 is 0 Å². The summed E-state index contributed by atoms with van der Waals surface area (Å²) in [4.78, 5) is 10.4. The summed E-state index contributed by atoms with van der Waals surface area (Å²) in [6, 6.07) is -0.524. The SMILES string of the molecule is O=[N+]([O-])C1CC=C(CCO)C(CCO)C1. The van der Waals surface area contributed by atoms with Crippen molar-refractivity contribution in [1.29, 1.82) is 0 Å². The molecule has 0 fully saturated rings. The highest BCUT2D eigenvalue weighted by molar-refractivity contribution is 5.11. The number of rotatable bonds is 5. The Morgan fingerprint density at radius 2 is 2.20 bits per heavy atom. The van der Waals surface area contributed by atoms with Crippen molar-refractivity contribution in [1.82, 2.24) is 0 Å². The topological polar surface area (TPSA) is 83.6 Å². The third-order valence-corrected chi connectivity index (χ3v) is 2.91. The summed E-state index contributed by atoms with van der Waals surface area (Å²) in [5.74, 6) is 0.0614. The van der Waals surface area contributed by atoms with Crippen LogP contribution in [-0.4, -0.2) is 34.4 Å². The number of hydrogen-bond acceptors (Lipinski definition) is 4. The summed E-state index contributed by atoms with van der Waals surface area (Å²) in [5.41, 5.74) is 1.06. The van der Waals surface area contributed by atoms with E-state index in [1.807, 2.05) is 6.08 Å². The molecule has 2 unspecified atom stereocenters.